The Kier molecular flexibility index (Phi) is 5.20. The van der Waals surface area contributed by atoms with Gasteiger partial charge in [-0.15, -0.1) is 0 Å². The van der Waals surface area contributed by atoms with Crippen molar-refractivity contribution >= 4 is 23.2 Å². The van der Waals surface area contributed by atoms with Crippen LogP contribution >= 0.6 is 11.6 Å². The Balaban J connectivity index is 2.13. The lowest BCUT2D eigenvalue weighted by Gasteiger charge is -2.11. The normalized spacial score (nSPS) is 10.2. The number of carbonyl (C=O) groups excluding carboxylic acids is 1. The molecule has 21 heavy (non-hydrogen) atoms. The molecule has 0 aliphatic rings. The molecule has 4 nitrogen and oxygen atoms in total. The second kappa shape index (κ2) is 7.11. The lowest BCUT2D eigenvalue weighted by molar-refractivity contribution is -0.115. The lowest BCUT2D eigenvalue weighted by atomic mass is 10.1. The van der Waals surface area contributed by atoms with E-state index in [9.17, 15) is 9.90 Å². The molecule has 0 radical (unpaired) electrons. The first-order valence-corrected chi connectivity index (χ1v) is 6.83. The number of carbonyl (C=O) groups is 1. The summed E-state index contributed by atoms with van der Waals surface area (Å²) in [6, 6.07) is 12.3. The van der Waals surface area contributed by atoms with Gasteiger partial charge in [0, 0.05) is 21.8 Å². The van der Waals surface area contributed by atoms with E-state index >= 15 is 0 Å². The first-order chi connectivity index (χ1) is 10.1. The Hall–Kier alpha value is -2.04. The Bertz CT molecular complexity index is 643. The highest BCUT2D eigenvalue weighted by Gasteiger charge is 2.11. The van der Waals surface area contributed by atoms with Crippen LogP contribution in [0.2, 0.25) is 5.02 Å². The molecule has 0 heterocycles. The molecule has 0 aliphatic heterocycles. The highest BCUT2D eigenvalue weighted by atomic mass is 35.5. The van der Waals surface area contributed by atoms with Crippen molar-refractivity contribution < 1.29 is 14.6 Å². The van der Waals surface area contributed by atoms with Crippen molar-refractivity contribution in [1.29, 1.82) is 0 Å². The van der Waals surface area contributed by atoms with E-state index in [4.69, 9.17) is 16.3 Å². The maximum atomic E-state index is 12.1. The number of halogens is 1. The van der Waals surface area contributed by atoms with Crippen LogP contribution in [-0.4, -0.2) is 18.1 Å². The van der Waals surface area contributed by atoms with E-state index in [0.29, 0.717) is 27.6 Å². The topological polar surface area (TPSA) is 58.6 Å². The predicted molar refractivity (Wildman–Crippen MR) is 82.7 cm³/mol. The number of amides is 1. The van der Waals surface area contributed by atoms with E-state index in [1.807, 2.05) is 0 Å². The van der Waals surface area contributed by atoms with E-state index in [0.717, 1.165) is 0 Å². The van der Waals surface area contributed by atoms with E-state index in [1.165, 1.54) is 0 Å². The van der Waals surface area contributed by atoms with Gasteiger partial charge in [0.15, 0.2) is 0 Å². The molecule has 0 saturated carbocycles. The SMILES string of the molecule is COc1ccc(Cl)cc1CC(=O)Nc1ccccc1CO. The molecular weight excluding hydrogens is 290 g/mol. The van der Waals surface area contributed by atoms with Crippen LogP contribution < -0.4 is 10.1 Å². The monoisotopic (exact) mass is 305 g/mol. The minimum Gasteiger partial charge on any atom is -0.496 e. The standard InChI is InChI=1S/C16H16ClNO3/c1-21-15-7-6-13(17)8-12(15)9-16(20)18-14-5-3-2-4-11(14)10-19/h2-8,19H,9-10H2,1H3,(H,18,20). The average Bonchev–Trinajstić information content (AvgIpc) is 2.48. The predicted octanol–water partition coefficient (Wildman–Crippen LogP) is 3.02. The third kappa shape index (κ3) is 3.97. The Morgan fingerprint density at radius 1 is 1.24 bits per heavy atom. The molecule has 2 rings (SSSR count). The summed E-state index contributed by atoms with van der Waals surface area (Å²) < 4.78 is 5.22. The lowest BCUT2D eigenvalue weighted by Crippen LogP contribution is -2.16. The zero-order valence-electron chi connectivity index (χ0n) is 11.6. The summed E-state index contributed by atoms with van der Waals surface area (Å²) >= 11 is 5.94. The molecule has 0 saturated heterocycles. The Morgan fingerprint density at radius 2 is 2.00 bits per heavy atom. The fourth-order valence-corrected chi connectivity index (χ4v) is 2.23. The number of methoxy groups -OCH3 is 1. The number of anilines is 1. The molecule has 0 bridgehead atoms. The molecule has 0 aliphatic carbocycles. The second-order valence-corrected chi connectivity index (χ2v) is 4.93. The number of hydrogen-bond donors (Lipinski definition) is 2. The molecule has 5 heteroatoms. The fraction of sp³-hybridized carbons (Fsp3) is 0.188. The maximum Gasteiger partial charge on any atom is 0.228 e. The largest absolute Gasteiger partial charge is 0.496 e. The zero-order valence-corrected chi connectivity index (χ0v) is 12.4. The van der Waals surface area contributed by atoms with E-state index < -0.39 is 0 Å². The molecule has 110 valence electrons. The van der Waals surface area contributed by atoms with Crippen LogP contribution in [0, 0.1) is 0 Å². The van der Waals surface area contributed by atoms with Gasteiger partial charge < -0.3 is 15.2 Å². The van der Waals surface area contributed by atoms with Gasteiger partial charge in [0.1, 0.15) is 5.75 Å². The van der Waals surface area contributed by atoms with Crippen molar-refractivity contribution in [2.45, 2.75) is 13.0 Å². The quantitative estimate of drug-likeness (QED) is 0.892. The van der Waals surface area contributed by atoms with Crippen LogP contribution in [0.15, 0.2) is 42.5 Å². The molecule has 0 spiro atoms. The van der Waals surface area contributed by atoms with Gasteiger partial charge in [-0.1, -0.05) is 29.8 Å². The van der Waals surface area contributed by atoms with Crippen molar-refractivity contribution in [3.05, 3.63) is 58.6 Å². The number of para-hydroxylation sites is 1. The number of aliphatic hydroxyl groups is 1. The van der Waals surface area contributed by atoms with Crippen molar-refractivity contribution in [2.75, 3.05) is 12.4 Å². The zero-order chi connectivity index (χ0) is 15.2. The van der Waals surface area contributed by atoms with Crippen LogP contribution in [0.25, 0.3) is 0 Å². The van der Waals surface area contributed by atoms with Crippen molar-refractivity contribution in [2.24, 2.45) is 0 Å². The first kappa shape index (κ1) is 15.4. The van der Waals surface area contributed by atoms with Crippen molar-refractivity contribution in [3.8, 4) is 5.75 Å². The first-order valence-electron chi connectivity index (χ1n) is 6.45. The molecule has 0 unspecified atom stereocenters. The summed E-state index contributed by atoms with van der Waals surface area (Å²) in [7, 11) is 1.55. The molecule has 0 aromatic heterocycles. The Morgan fingerprint density at radius 3 is 2.71 bits per heavy atom. The minimum absolute atomic E-state index is 0.128. The van der Waals surface area contributed by atoms with Gasteiger partial charge in [-0.25, -0.2) is 0 Å². The molecule has 2 aromatic rings. The van der Waals surface area contributed by atoms with Crippen LogP contribution in [0.4, 0.5) is 5.69 Å². The summed E-state index contributed by atoms with van der Waals surface area (Å²) in [4.78, 5) is 12.1. The number of rotatable bonds is 5. The van der Waals surface area contributed by atoms with Crippen LogP contribution in [-0.2, 0) is 17.8 Å². The molecule has 1 amide bonds. The van der Waals surface area contributed by atoms with Gasteiger partial charge in [-0.05, 0) is 24.3 Å². The van der Waals surface area contributed by atoms with Gasteiger partial charge in [-0.2, -0.15) is 0 Å². The third-order valence-electron chi connectivity index (χ3n) is 3.06. The van der Waals surface area contributed by atoms with Crippen LogP contribution in [0.5, 0.6) is 5.75 Å². The molecular formula is C16H16ClNO3. The average molecular weight is 306 g/mol. The summed E-state index contributed by atoms with van der Waals surface area (Å²) in [5, 5.41) is 12.6. The molecule has 0 atom stereocenters. The van der Waals surface area contributed by atoms with Gasteiger partial charge in [-0.3, -0.25) is 4.79 Å². The van der Waals surface area contributed by atoms with Crippen molar-refractivity contribution in [1.82, 2.24) is 0 Å². The van der Waals surface area contributed by atoms with Gasteiger partial charge in [0.2, 0.25) is 5.91 Å². The number of hydrogen-bond acceptors (Lipinski definition) is 3. The number of ether oxygens (including phenoxy) is 1. The van der Waals surface area contributed by atoms with Crippen LogP contribution in [0.1, 0.15) is 11.1 Å². The number of benzene rings is 2. The second-order valence-electron chi connectivity index (χ2n) is 4.50. The molecule has 2 aromatic carbocycles. The van der Waals surface area contributed by atoms with E-state index in [1.54, 1.807) is 49.6 Å². The fourth-order valence-electron chi connectivity index (χ4n) is 2.03. The molecule has 2 N–H and O–H groups in total. The van der Waals surface area contributed by atoms with E-state index in [2.05, 4.69) is 5.32 Å². The maximum absolute atomic E-state index is 12.1. The highest BCUT2D eigenvalue weighted by molar-refractivity contribution is 6.30. The van der Waals surface area contributed by atoms with Crippen LogP contribution in [0.3, 0.4) is 0 Å². The van der Waals surface area contributed by atoms with Crippen molar-refractivity contribution in [3.63, 3.8) is 0 Å². The minimum atomic E-state index is -0.198. The van der Waals surface area contributed by atoms with Gasteiger partial charge in [0.25, 0.3) is 0 Å². The Labute approximate surface area is 128 Å². The summed E-state index contributed by atoms with van der Waals surface area (Å²) in [5.41, 5.74) is 1.99. The number of aliphatic hydroxyl groups excluding tert-OH is 1. The van der Waals surface area contributed by atoms with Gasteiger partial charge in [0.05, 0.1) is 20.1 Å². The third-order valence-corrected chi connectivity index (χ3v) is 3.29. The van der Waals surface area contributed by atoms with E-state index in [-0.39, 0.29) is 18.9 Å². The summed E-state index contributed by atoms with van der Waals surface area (Å²) in [6.45, 7) is -0.128. The molecule has 0 fully saturated rings. The summed E-state index contributed by atoms with van der Waals surface area (Å²) in [6.07, 6.45) is 0.142. The number of nitrogens with one attached hydrogen (secondary N) is 1. The smallest absolute Gasteiger partial charge is 0.228 e. The summed E-state index contributed by atoms with van der Waals surface area (Å²) in [5.74, 6) is 0.418. The highest BCUT2D eigenvalue weighted by Crippen LogP contribution is 2.23. The van der Waals surface area contributed by atoms with Gasteiger partial charge >= 0.3 is 0 Å².